The average Bonchev–Trinajstić information content (AvgIpc) is 3.61. The van der Waals surface area contributed by atoms with Crippen LogP contribution in [0.15, 0.2) is 99.9 Å². The van der Waals surface area contributed by atoms with E-state index in [2.05, 4.69) is 160 Å². The molecule has 0 spiro atoms. The summed E-state index contributed by atoms with van der Waals surface area (Å²) in [5, 5.41) is 1.53. The molecule has 262 valence electrons. The van der Waals surface area contributed by atoms with Gasteiger partial charge in [0.25, 0.3) is 0 Å². The molecule has 1 atom stereocenters. The van der Waals surface area contributed by atoms with Crippen molar-refractivity contribution in [3.63, 3.8) is 0 Å². The van der Waals surface area contributed by atoms with Crippen LogP contribution in [-0.2, 0) is 38.5 Å². The maximum Gasteiger partial charge on any atom is -1.00 e. The van der Waals surface area contributed by atoms with Gasteiger partial charge < -0.3 is 24.8 Å². The smallest absolute Gasteiger partial charge is 1.00 e. The quantitative estimate of drug-likeness (QED) is 0.188. The summed E-state index contributed by atoms with van der Waals surface area (Å²) >= 11 is 10.0. The van der Waals surface area contributed by atoms with Crippen LogP contribution in [-0.4, -0.2) is 3.21 Å². The van der Waals surface area contributed by atoms with E-state index in [1.165, 1.54) is 47.7 Å². The number of rotatable bonds is 5. The van der Waals surface area contributed by atoms with Gasteiger partial charge in [0.05, 0.1) is 0 Å². The molecule has 4 aromatic carbocycles. The number of halogens is 4. The van der Waals surface area contributed by atoms with Crippen LogP contribution >= 0.6 is 23.2 Å². The molecule has 6 rings (SSSR count). The maximum absolute atomic E-state index is 6.55. The summed E-state index contributed by atoms with van der Waals surface area (Å²) in [4.78, 5) is 0. The van der Waals surface area contributed by atoms with Crippen molar-refractivity contribution in [1.29, 1.82) is 0 Å². The molecule has 2 aliphatic rings. The first kappa shape index (κ1) is 41.0. The van der Waals surface area contributed by atoms with E-state index in [-0.39, 0.29) is 41.1 Å². The van der Waals surface area contributed by atoms with Gasteiger partial charge in [-0.15, -0.1) is 0 Å². The molecule has 1 unspecified atom stereocenters. The third-order valence-electron chi connectivity index (χ3n) is 10.2. The minimum Gasteiger partial charge on any atom is -1.00 e. The largest absolute Gasteiger partial charge is 1.00 e. The predicted octanol–water partition coefficient (Wildman–Crippen LogP) is 6.58. The first-order valence-corrected chi connectivity index (χ1v) is 21.9. The fourth-order valence-electron chi connectivity index (χ4n) is 7.45. The Morgan fingerprint density at radius 2 is 1.22 bits per heavy atom. The summed E-state index contributed by atoms with van der Waals surface area (Å²) in [6.45, 7) is 23.6. The number of hydrogen-bond acceptors (Lipinski definition) is 0. The molecule has 0 aliphatic heterocycles. The topological polar surface area (TPSA) is 0 Å². The third kappa shape index (κ3) is 8.09. The van der Waals surface area contributed by atoms with Crippen molar-refractivity contribution in [2.24, 2.45) is 11.3 Å². The number of hydrogen-bond donors (Lipinski definition) is 0. The monoisotopic (exact) mass is 820 g/mol. The molecule has 0 fully saturated rings. The van der Waals surface area contributed by atoms with Gasteiger partial charge in [-0.1, -0.05) is 0 Å². The van der Waals surface area contributed by atoms with Crippen molar-refractivity contribution in [1.82, 2.24) is 0 Å². The molecule has 0 heterocycles. The van der Waals surface area contributed by atoms with Gasteiger partial charge in [0, 0.05) is 0 Å². The second kappa shape index (κ2) is 15.3. The molecule has 0 aromatic heterocycles. The van der Waals surface area contributed by atoms with Crippen molar-refractivity contribution < 1.29 is 46.1 Å². The van der Waals surface area contributed by atoms with E-state index in [0.29, 0.717) is 5.92 Å². The van der Waals surface area contributed by atoms with Gasteiger partial charge in [-0.2, -0.15) is 0 Å². The van der Waals surface area contributed by atoms with Crippen LogP contribution in [0, 0.1) is 11.3 Å². The van der Waals surface area contributed by atoms with Crippen molar-refractivity contribution in [2.75, 3.05) is 0 Å². The zero-order valence-electron chi connectivity index (χ0n) is 31.2. The first-order chi connectivity index (χ1) is 22.5. The Morgan fingerprint density at radius 1 is 0.680 bits per heavy atom. The number of allylic oxidation sites excluding steroid dienone is 4. The van der Waals surface area contributed by atoms with Crippen molar-refractivity contribution in [3.8, 4) is 11.1 Å². The summed E-state index contributed by atoms with van der Waals surface area (Å²) in [6, 6.07) is 29.5. The van der Waals surface area contributed by atoms with Gasteiger partial charge in [0.2, 0.25) is 0 Å². The zero-order valence-corrected chi connectivity index (χ0v) is 36.6. The molecule has 0 saturated heterocycles. The molecule has 2 aliphatic carbocycles. The van der Waals surface area contributed by atoms with Gasteiger partial charge in [0.15, 0.2) is 0 Å². The molecule has 5 heteroatoms. The van der Waals surface area contributed by atoms with Gasteiger partial charge in [-0.25, -0.2) is 0 Å². The number of benzene rings is 4. The minimum absolute atomic E-state index is 0. The van der Waals surface area contributed by atoms with E-state index in [1.54, 1.807) is 12.1 Å². The van der Waals surface area contributed by atoms with Crippen LogP contribution in [0.3, 0.4) is 0 Å². The molecule has 0 N–H and O–H groups in total. The van der Waals surface area contributed by atoms with E-state index in [9.17, 15) is 0 Å². The maximum atomic E-state index is 6.55. The first-order valence-electron chi connectivity index (χ1n) is 17.5. The molecular formula is C45H50Cl4Zr. The Hall–Kier alpha value is -1.73. The second-order valence-electron chi connectivity index (χ2n) is 16.8. The van der Waals surface area contributed by atoms with Crippen LogP contribution in [0.25, 0.3) is 11.1 Å². The molecule has 0 saturated carbocycles. The van der Waals surface area contributed by atoms with Gasteiger partial charge >= 0.3 is 310 Å². The van der Waals surface area contributed by atoms with E-state index in [0.717, 1.165) is 22.9 Å². The van der Waals surface area contributed by atoms with Gasteiger partial charge in [-0.05, 0) is 0 Å². The molecule has 0 bridgehead atoms. The van der Waals surface area contributed by atoms with Gasteiger partial charge in [-0.3, -0.25) is 0 Å². The fraction of sp³-hybridized carbons (Fsp3) is 0.356. The Kier molecular flexibility index (Phi) is 12.6. The van der Waals surface area contributed by atoms with Crippen LogP contribution < -0.4 is 28.1 Å². The summed E-state index contributed by atoms with van der Waals surface area (Å²) < 4.78 is 4.84. The third-order valence-corrected chi connectivity index (χ3v) is 18.7. The summed E-state index contributed by atoms with van der Waals surface area (Å²) in [7, 11) is 0. The summed E-state index contributed by atoms with van der Waals surface area (Å²) in [5.74, 6) is 0.420. The van der Waals surface area contributed by atoms with Crippen molar-refractivity contribution >= 4 is 29.7 Å². The molecule has 50 heavy (non-hydrogen) atoms. The van der Waals surface area contributed by atoms with Crippen LogP contribution in [0.4, 0.5) is 0 Å². The van der Waals surface area contributed by atoms with E-state index in [1.807, 2.05) is 0 Å². The van der Waals surface area contributed by atoms with E-state index >= 15 is 0 Å². The molecule has 0 radical (unpaired) electrons. The van der Waals surface area contributed by atoms with E-state index in [4.69, 9.17) is 23.2 Å². The fourth-order valence-corrected chi connectivity index (χ4v) is 17.4. The Morgan fingerprint density at radius 3 is 1.70 bits per heavy atom. The summed E-state index contributed by atoms with van der Waals surface area (Å²) in [5.41, 5.74) is 12.9. The van der Waals surface area contributed by atoms with Crippen LogP contribution in [0.1, 0.15) is 109 Å². The number of fused-ring (bicyclic) bond motifs is 3. The normalized spacial score (nSPS) is 15.1. The SMILES string of the molecule is CCC1C=C(C(C)(C)C)C=[C]1[Zr+2](=[C](c1ccc(Cl)cc1)c1ccc(Cl)cc1)[c]1c(C(C)(C)C)ccc2c1Cc1cc(C(C)(C)C)ccc1-2.[Cl-].[Cl-]. The zero-order chi connectivity index (χ0) is 34.8. The Bertz CT molecular complexity index is 1930. The van der Waals surface area contributed by atoms with Crippen molar-refractivity contribution in [2.45, 2.75) is 92.9 Å². The second-order valence-corrected chi connectivity index (χ2v) is 23.4. The van der Waals surface area contributed by atoms with Crippen molar-refractivity contribution in [3.05, 3.63) is 143 Å². The summed E-state index contributed by atoms with van der Waals surface area (Å²) in [6.07, 6.45) is 7.32. The Balaban J connectivity index is 0.00000281. The predicted molar refractivity (Wildman–Crippen MR) is 207 cm³/mol. The molecular weight excluding hydrogens is 774 g/mol. The molecule has 0 amide bonds. The molecule has 4 aromatic rings. The average molecular weight is 824 g/mol. The van der Waals surface area contributed by atoms with Crippen LogP contribution in [0.5, 0.6) is 0 Å². The standard InChI is InChI=1S/C21H25.C13H8Cl2.C11H17.2ClH.Zr/c1-20(2,3)16-7-9-18-14(12-16)11-15-13-17(21(4,5)6)8-10-19(15)18;14-12-5-1-10(2-6-12)9-11-3-7-13(15)8-4-11;1-5-9-6-7-10(8-9)11(2,3)4;;;/h7-10,12H,11H2,1-6H3;1-8H;7-9H,5H2,1-4H3;2*1H;/q;;;;;+2/p-2. The Labute approximate surface area is 331 Å². The minimum atomic E-state index is -3.06. The molecule has 0 nitrogen and oxygen atoms in total. The van der Waals surface area contributed by atoms with Gasteiger partial charge in [0.1, 0.15) is 0 Å². The van der Waals surface area contributed by atoms with E-state index < -0.39 is 21.3 Å². The van der Waals surface area contributed by atoms with Crippen LogP contribution in [0.2, 0.25) is 10.0 Å².